The molecule has 0 unspecified atom stereocenters. The van der Waals surface area contributed by atoms with Crippen LogP contribution in [-0.4, -0.2) is 12.1 Å². The molecule has 0 amide bonds. The Balaban J connectivity index is 2.36. The fourth-order valence-electron chi connectivity index (χ4n) is 2.04. The Hall–Kier alpha value is -0.570. The second kappa shape index (κ2) is 4.12. The van der Waals surface area contributed by atoms with Crippen molar-refractivity contribution >= 4 is 11.6 Å². The summed E-state index contributed by atoms with van der Waals surface area (Å²) in [6.45, 7) is 6.28. The lowest BCUT2D eigenvalue weighted by molar-refractivity contribution is 0.212. The van der Waals surface area contributed by atoms with E-state index in [2.05, 4.69) is 36.4 Å². The Bertz CT molecular complexity index is 374. The first-order valence-corrected chi connectivity index (χ1v) is 5.73. The molecule has 0 aliphatic carbocycles. The molecule has 3 heteroatoms. The third kappa shape index (κ3) is 2.03. The van der Waals surface area contributed by atoms with Gasteiger partial charge in [0.2, 0.25) is 0 Å². The Kier molecular flexibility index (Phi) is 3.01. The normalized spacial score (nSPS) is 16.1. The Labute approximate surface area is 96.2 Å². The summed E-state index contributed by atoms with van der Waals surface area (Å²) in [5.74, 6) is 0.492. The average molecular weight is 225 g/mol. The van der Waals surface area contributed by atoms with Gasteiger partial charge in [-0.3, -0.25) is 5.43 Å². The molecule has 1 aromatic carbocycles. The van der Waals surface area contributed by atoms with Gasteiger partial charge in [-0.15, -0.1) is 0 Å². The summed E-state index contributed by atoms with van der Waals surface area (Å²) in [6, 6.07) is 4.36. The second-order valence-electron chi connectivity index (χ2n) is 4.38. The molecule has 0 fully saturated rings. The molecule has 2 rings (SSSR count). The monoisotopic (exact) mass is 224 g/mol. The minimum absolute atomic E-state index is 0.492. The fraction of sp³-hybridized carbons (Fsp3) is 0.500. The van der Waals surface area contributed by atoms with Gasteiger partial charge in [-0.2, -0.15) is 0 Å². The molecule has 15 heavy (non-hydrogen) atoms. The van der Waals surface area contributed by atoms with Crippen LogP contribution in [0.15, 0.2) is 12.1 Å². The molecular formula is C12H17ClN2. The van der Waals surface area contributed by atoms with E-state index in [9.17, 15) is 0 Å². The van der Waals surface area contributed by atoms with Gasteiger partial charge in [-0.25, -0.2) is 5.01 Å². The first-order valence-electron chi connectivity index (χ1n) is 5.35. The molecule has 0 aromatic heterocycles. The highest BCUT2D eigenvalue weighted by Crippen LogP contribution is 2.31. The van der Waals surface area contributed by atoms with Crippen LogP contribution >= 0.6 is 11.6 Å². The van der Waals surface area contributed by atoms with Gasteiger partial charge in [-0.1, -0.05) is 31.5 Å². The van der Waals surface area contributed by atoms with E-state index in [1.165, 1.54) is 16.7 Å². The molecule has 1 aliphatic heterocycles. The maximum atomic E-state index is 6.25. The number of hydrogen-bond donors (Lipinski definition) is 1. The van der Waals surface area contributed by atoms with Crippen molar-refractivity contribution in [2.45, 2.75) is 32.9 Å². The number of benzene rings is 1. The topological polar surface area (TPSA) is 15.3 Å². The zero-order valence-electron chi connectivity index (χ0n) is 9.47. The number of nitrogens with one attached hydrogen (secondary N) is 1. The number of rotatable bonds is 2. The highest BCUT2D eigenvalue weighted by molar-refractivity contribution is 6.31. The standard InChI is InChI=1S/C12H17ClN2/c1-8(2)11-4-9-6-15(14-3)7-10(9)5-12(11)13/h4-5,8,14H,6-7H2,1-3H3. The average Bonchev–Trinajstić information content (AvgIpc) is 2.58. The number of hydrogen-bond acceptors (Lipinski definition) is 2. The predicted octanol–water partition coefficient (Wildman–Crippen LogP) is 2.91. The van der Waals surface area contributed by atoms with Crippen molar-refractivity contribution in [2.24, 2.45) is 0 Å². The van der Waals surface area contributed by atoms with Crippen LogP contribution in [0.2, 0.25) is 5.02 Å². The van der Waals surface area contributed by atoms with Crippen molar-refractivity contribution in [3.63, 3.8) is 0 Å². The molecule has 82 valence electrons. The Morgan fingerprint density at radius 1 is 1.27 bits per heavy atom. The van der Waals surface area contributed by atoms with Gasteiger partial charge in [0, 0.05) is 18.1 Å². The smallest absolute Gasteiger partial charge is 0.0444 e. The van der Waals surface area contributed by atoms with E-state index in [-0.39, 0.29) is 0 Å². The zero-order chi connectivity index (χ0) is 11.0. The van der Waals surface area contributed by atoms with Gasteiger partial charge in [0.15, 0.2) is 0 Å². The summed E-state index contributed by atoms with van der Waals surface area (Å²) in [5, 5.41) is 3.09. The zero-order valence-corrected chi connectivity index (χ0v) is 10.2. The number of nitrogens with zero attached hydrogens (tertiary/aromatic N) is 1. The van der Waals surface area contributed by atoms with Crippen LogP contribution in [-0.2, 0) is 13.1 Å². The highest BCUT2D eigenvalue weighted by Gasteiger charge is 2.20. The van der Waals surface area contributed by atoms with Crippen LogP contribution in [0, 0.1) is 0 Å². The van der Waals surface area contributed by atoms with E-state index in [0.717, 1.165) is 18.1 Å². The molecular weight excluding hydrogens is 208 g/mol. The van der Waals surface area contributed by atoms with Crippen molar-refractivity contribution in [3.8, 4) is 0 Å². The lowest BCUT2D eigenvalue weighted by Crippen LogP contribution is -2.29. The van der Waals surface area contributed by atoms with Gasteiger partial charge in [0.05, 0.1) is 0 Å². The molecule has 0 saturated carbocycles. The molecule has 1 N–H and O–H groups in total. The summed E-state index contributed by atoms with van der Waals surface area (Å²) in [5.41, 5.74) is 7.17. The quantitative estimate of drug-likeness (QED) is 0.831. The van der Waals surface area contributed by atoms with Gasteiger partial charge in [-0.05, 0) is 35.7 Å². The van der Waals surface area contributed by atoms with Gasteiger partial charge in [0.1, 0.15) is 0 Å². The van der Waals surface area contributed by atoms with E-state index >= 15 is 0 Å². The maximum absolute atomic E-state index is 6.25. The predicted molar refractivity (Wildman–Crippen MR) is 63.8 cm³/mol. The first kappa shape index (κ1) is 10.9. The summed E-state index contributed by atoms with van der Waals surface area (Å²) in [7, 11) is 1.96. The van der Waals surface area contributed by atoms with E-state index in [1.807, 2.05) is 7.05 Å². The molecule has 2 nitrogen and oxygen atoms in total. The molecule has 0 spiro atoms. The summed E-state index contributed by atoms with van der Waals surface area (Å²) < 4.78 is 0. The van der Waals surface area contributed by atoms with E-state index < -0.39 is 0 Å². The van der Waals surface area contributed by atoms with Crippen molar-refractivity contribution in [1.29, 1.82) is 0 Å². The minimum Gasteiger partial charge on any atom is -0.258 e. The summed E-state index contributed by atoms with van der Waals surface area (Å²) >= 11 is 6.25. The molecule has 1 aliphatic rings. The van der Waals surface area contributed by atoms with Crippen LogP contribution in [0.5, 0.6) is 0 Å². The summed E-state index contributed by atoms with van der Waals surface area (Å²) in [6.07, 6.45) is 0. The molecule has 1 aromatic rings. The molecule has 0 saturated heterocycles. The third-order valence-corrected chi connectivity index (χ3v) is 3.31. The van der Waals surface area contributed by atoms with Crippen LogP contribution in [0.1, 0.15) is 36.5 Å². The molecule has 0 atom stereocenters. The molecule has 1 heterocycles. The lowest BCUT2D eigenvalue weighted by Gasteiger charge is -2.11. The van der Waals surface area contributed by atoms with Crippen LogP contribution in [0.3, 0.4) is 0 Å². The van der Waals surface area contributed by atoms with E-state index in [4.69, 9.17) is 11.6 Å². The third-order valence-electron chi connectivity index (χ3n) is 2.98. The van der Waals surface area contributed by atoms with E-state index in [1.54, 1.807) is 0 Å². The number of hydrazine groups is 1. The van der Waals surface area contributed by atoms with Gasteiger partial charge >= 0.3 is 0 Å². The number of fused-ring (bicyclic) bond motifs is 1. The minimum atomic E-state index is 0.492. The van der Waals surface area contributed by atoms with Crippen molar-refractivity contribution in [3.05, 3.63) is 33.8 Å². The largest absolute Gasteiger partial charge is 0.258 e. The first-order chi connectivity index (χ1) is 7.11. The Morgan fingerprint density at radius 2 is 1.87 bits per heavy atom. The van der Waals surface area contributed by atoms with Crippen LogP contribution < -0.4 is 5.43 Å². The van der Waals surface area contributed by atoms with Gasteiger partial charge < -0.3 is 0 Å². The van der Waals surface area contributed by atoms with Crippen molar-refractivity contribution < 1.29 is 0 Å². The van der Waals surface area contributed by atoms with Crippen molar-refractivity contribution in [2.75, 3.05) is 7.05 Å². The highest BCUT2D eigenvalue weighted by atomic mass is 35.5. The van der Waals surface area contributed by atoms with Crippen LogP contribution in [0.4, 0.5) is 0 Å². The lowest BCUT2D eigenvalue weighted by atomic mass is 9.98. The number of halogens is 1. The molecule has 0 radical (unpaired) electrons. The second-order valence-corrected chi connectivity index (χ2v) is 4.78. The van der Waals surface area contributed by atoms with Crippen molar-refractivity contribution in [1.82, 2.24) is 10.4 Å². The van der Waals surface area contributed by atoms with E-state index in [0.29, 0.717) is 5.92 Å². The van der Waals surface area contributed by atoms with Gasteiger partial charge in [0.25, 0.3) is 0 Å². The van der Waals surface area contributed by atoms with Crippen LogP contribution in [0.25, 0.3) is 0 Å². The SMILES string of the molecule is CNN1Cc2cc(Cl)c(C(C)C)cc2C1. The molecule has 0 bridgehead atoms. The summed E-state index contributed by atoms with van der Waals surface area (Å²) in [4.78, 5) is 0. The Morgan fingerprint density at radius 3 is 2.40 bits per heavy atom. The maximum Gasteiger partial charge on any atom is 0.0444 e. The fourth-order valence-corrected chi connectivity index (χ4v) is 2.44.